The first-order valence-corrected chi connectivity index (χ1v) is 6.47. The zero-order valence-corrected chi connectivity index (χ0v) is 10.5. The van der Waals surface area contributed by atoms with Gasteiger partial charge in [-0.05, 0) is 23.8 Å². The highest BCUT2D eigenvalue weighted by Crippen LogP contribution is 2.21. The van der Waals surface area contributed by atoms with E-state index in [9.17, 15) is 4.39 Å². The quantitative estimate of drug-likeness (QED) is 0.556. The topological polar surface area (TPSA) is 29.9 Å². The molecule has 0 unspecified atom stereocenters. The third-order valence-corrected chi connectivity index (χ3v) is 4.03. The molecule has 3 aromatic rings. The van der Waals surface area contributed by atoms with Crippen molar-refractivity contribution in [2.24, 2.45) is 0 Å². The van der Waals surface area contributed by atoms with Crippen molar-refractivity contribution in [2.45, 2.75) is 6.42 Å². The van der Waals surface area contributed by atoms with Crippen LogP contribution in [-0.2, 0) is 6.42 Å². The van der Waals surface area contributed by atoms with Crippen molar-refractivity contribution in [3.8, 4) is 0 Å². The molecule has 0 saturated carbocycles. The molecule has 0 aliphatic heterocycles. The van der Waals surface area contributed by atoms with E-state index >= 15 is 0 Å². The van der Waals surface area contributed by atoms with Gasteiger partial charge in [0.15, 0.2) is 0 Å². The first-order valence-electron chi connectivity index (χ1n) is 5.66. The van der Waals surface area contributed by atoms with Crippen molar-refractivity contribution in [3.63, 3.8) is 0 Å². The zero-order chi connectivity index (χ0) is 12.5. The Morgan fingerprint density at radius 3 is 2.50 bits per heavy atom. The van der Waals surface area contributed by atoms with Crippen LogP contribution in [0.4, 0.5) is 4.39 Å². The van der Waals surface area contributed by atoms with E-state index in [4.69, 9.17) is 5.84 Å². The summed E-state index contributed by atoms with van der Waals surface area (Å²) in [5, 5.41) is 1.06. The Labute approximate surface area is 108 Å². The molecule has 2 nitrogen and oxygen atoms in total. The van der Waals surface area contributed by atoms with Crippen molar-refractivity contribution in [3.05, 3.63) is 64.9 Å². The van der Waals surface area contributed by atoms with Gasteiger partial charge in [0, 0.05) is 6.07 Å². The van der Waals surface area contributed by atoms with E-state index in [0.717, 1.165) is 27.2 Å². The summed E-state index contributed by atoms with van der Waals surface area (Å²) in [5.74, 6) is 5.86. The Morgan fingerprint density at radius 1 is 1.06 bits per heavy atom. The predicted octanol–water partition coefficient (Wildman–Crippen LogP) is 2.63. The highest BCUT2D eigenvalue weighted by atomic mass is 32.1. The minimum Gasteiger partial charge on any atom is -0.207 e. The van der Waals surface area contributed by atoms with Crippen molar-refractivity contribution < 1.29 is 9.07 Å². The summed E-state index contributed by atoms with van der Waals surface area (Å²) >= 11 is 1.67. The Kier molecular flexibility index (Phi) is 2.72. The van der Waals surface area contributed by atoms with Crippen LogP contribution in [0.2, 0.25) is 0 Å². The second-order valence-corrected chi connectivity index (χ2v) is 5.25. The summed E-state index contributed by atoms with van der Waals surface area (Å²) in [4.78, 5) is 0. The molecule has 0 bridgehead atoms. The van der Waals surface area contributed by atoms with E-state index < -0.39 is 0 Å². The number of nitrogens with two attached hydrogens (primary N) is 1. The van der Waals surface area contributed by atoms with E-state index in [-0.39, 0.29) is 5.82 Å². The van der Waals surface area contributed by atoms with Crippen LogP contribution in [-0.4, -0.2) is 0 Å². The summed E-state index contributed by atoms with van der Waals surface area (Å²) in [6.07, 6.45) is 0.718. The number of aromatic nitrogens is 1. The molecule has 0 amide bonds. The van der Waals surface area contributed by atoms with Crippen LogP contribution < -0.4 is 10.5 Å². The van der Waals surface area contributed by atoms with E-state index in [1.807, 2.05) is 18.2 Å². The first kappa shape index (κ1) is 11.2. The maximum atomic E-state index is 12.8. The maximum absolute atomic E-state index is 12.8. The predicted molar refractivity (Wildman–Crippen MR) is 71.4 cm³/mol. The average Bonchev–Trinajstić information content (AvgIpc) is 2.70. The van der Waals surface area contributed by atoms with Crippen LogP contribution in [0.3, 0.4) is 0 Å². The Hall–Kier alpha value is -1.94. The van der Waals surface area contributed by atoms with E-state index in [2.05, 4.69) is 6.07 Å². The van der Waals surface area contributed by atoms with Gasteiger partial charge in [-0.3, -0.25) is 0 Å². The summed E-state index contributed by atoms with van der Waals surface area (Å²) in [5.41, 5.74) is 2.08. The normalized spacial score (nSPS) is 10.9. The van der Waals surface area contributed by atoms with Crippen LogP contribution in [0, 0.1) is 5.82 Å². The SMILES string of the molecule is N[n+]1c(Cc2ccc(F)cc2)sc2ccccc21. The molecule has 1 heterocycles. The standard InChI is InChI=1S/C14H12FN2S/c15-11-7-5-10(6-8-11)9-14-17(16)12-3-1-2-4-13(12)18-14/h1-8H,9,16H2/q+1. The van der Waals surface area contributed by atoms with Crippen LogP contribution in [0.15, 0.2) is 48.5 Å². The molecule has 0 spiro atoms. The lowest BCUT2D eigenvalue weighted by atomic mass is 10.1. The molecule has 1 aromatic heterocycles. The summed E-state index contributed by atoms with van der Waals surface area (Å²) < 4.78 is 15.7. The van der Waals surface area contributed by atoms with Gasteiger partial charge in [0.2, 0.25) is 0 Å². The van der Waals surface area contributed by atoms with Gasteiger partial charge < -0.3 is 0 Å². The molecule has 0 fully saturated rings. The lowest BCUT2D eigenvalue weighted by Crippen LogP contribution is -2.46. The minimum atomic E-state index is -0.212. The third kappa shape index (κ3) is 1.95. The largest absolute Gasteiger partial charge is 0.272 e. The average molecular weight is 259 g/mol. The summed E-state index contributed by atoms with van der Waals surface area (Å²) in [6.45, 7) is 0. The number of nitrogen functional groups attached to an aromatic ring is 1. The molecule has 18 heavy (non-hydrogen) atoms. The van der Waals surface area contributed by atoms with Crippen molar-refractivity contribution in [2.75, 3.05) is 5.84 Å². The van der Waals surface area contributed by atoms with Crippen LogP contribution >= 0.6 is 11.3 Å². The Bertz CT molecular complexity index is 689. The number of fused-ring (bicyclic) bond motifs is 1. The lowest BCUT2D eigenvalue weighted by molar-refractivity contribution is -0.614. The smallest absolute Gasteiger partial charge is 0.207 e. The van der Waals surface area contributed by atoms with Gasteiger partial charge in [0.1, 0.15) is 10.5 Å². The number of halogens is 1. The van der Waals surface area contributed by atoms with Crippen LogP contribution in [0.25, 0.3) is 10.2 Å². The van der Waals surface area contributed by atoms with Gasteiger partial charge in [-0.1, -0.05) is 40.3 Å². The molecule has 2 N–H and O–H groups in total. The summed E-state index contributed by atoms with van der Waals surface area (Å²) in [7, 11) is 0. The molecular formula is C14H12FN2S+. The molecule has 2 aromatic carbocycles. The number of rotatable bonds is 2. The van der Waals surface area contributed by atoms with Crippen LogP contribution in [0.5, 0.6) is 0 Å². The number of hydrogen-bond acceptors (Lipinski definition) is 2. The van der Waals surface area contributed by atoms with Crippen molar-refractivity contribution in [1.82, 2.24) is 0 Å². The number of nitrogens with zero attached hydrogens (tertiary/aromatic N) is 1. The lowest BCUT2D eigenvalue weighted by Gasteiger charge is -1.95. The third-order valence-electron chi connectivity index (χ3n) is 2.89. The molecule has 0 atom stereocenters. The fraction of sp³-hybridized carbons (Fsp3) is 0.0714. The molecule has 0 aliphatic rings. The maximum Gasteiger partial charge on any atom is 0.272 e. The number of benzene rings is 2. The fourth-order valence-electron chi connectivity index (χ4n) is 1.95. The van der Waals surface area contributed by atoms with Crippen molar-refractivity contribution in [1.29, 1.82) is 0 Å². The van der Waals surface area contributed by atoms with Gasteiger partial charge in [0.05, 0.1) is 6.42 Å². The molecule has 4 heteroatoms. The number of hydrogen-bond donors (Lipinski definition) is 1. The fourth-order valence-corrected chi connectivity index (χ4v) is 3.06. The van der Waals surface area contributed by atoms with E-state index in [1.165, 1.54) is 12.1 Å². The minimum absolute atomic E-state index is 0.212. The highest BCUT2D eigenvalue weighted by Gasteiger charge is 2.18. The Morgan fingerprint density at radius 2 is 1.78 bits per heavy atom. The Balaban J connectivity index is 1.99. The molecular weight excluding hydrogens is 247 g/mol. The van der Waals surface area contributed by atoms with E-state index in [1.54, 1.807) is 28.1 Å². The van der Waals surface area contributed by atoms with Gasteiger partial charge in [-0.25, -0.2) is 10.2 Å². The van der Waals surface area contributed by atoms with Gasteiger partial charge in [-0.2, -0.15) is 0 Å². The monoisotopic (exact) mass is 259 g/mol. The molecule has 0 saturated heterocycles. The number of para-hydroxylation sites is 1. The van der Waals surface area contributed by atoms with Crippen molar-refractivity contribution >= 4 is 21.6 Å². The molecule has 0 radical (unpaired) electrons. The molecule has 0 aliphatic carbocycles. The van der Waals surface area contributed by atoms with Gasteiger partial charge >= 0.3 is 0 Å². The highest BCUT2D eigenvalue weighted by molar-refractivity contribution is 7.18. The number of thiazole rings is 1. The second-order valence-electron chi connectivity index (χ2n) is 4.14. The van der Waals surface area contributed by atoms with Gasteiger partial charge in [0.25, 0.3) is 10.5 Å². The van der Waals surface area contributed by atoms with Crippen LogP contribution in [0.1, 0.15) is 10.6 Å². The molecule has 90 valence electrons. The zero-order valence-electron chi connectivity index (χ0n) is 9.64. The first-order chi connectivity index (χ1) is 8.74. The summed E-state index contributed by atoms with van der Waals surface area (Å²) in [6, 6.07) is 14.6. The molecule has 3 rings (SSSR count). The van der Waals surface area contributed by atoms with E-state index in [0.29, 0.717) is 0 Å². The van der Waals surface area contributed by atoms with Gasteiger partial charge in [-0.15, -0.1) is 0 Å². The second kappa shape index (κ2) is 4.38.